The van der Waals surface area contributed by atoms with E-state index in [0.29, 0.717) is 18.4 Å². The molecule has 3 rings (SSSR count). The van der Waals surface area contributed by atoms with Crippen molar-refractivity contribution in [3.05, 3.63) is 63.9 Å². The van der Waals surface area contributed by atoms with E-state index in [1.54, 1.807) is 0 Å². The van der Waals surface area contributed by atoms with Crippen LogP contribution in [0, 0.1) is 5.82 Å². The van der Waals surface area contributed by atoms with Gasteiger partial charge >= 0.3 is 12.0 Å². The fourth-order valence-corrected chi connectivity index (χ4v) is 5.51. The maximum Gasteiger partial charge on any atom is 0.333 e. The fourth-order valence-electron chi connectivity index (χ4n) is 3.27. The van der Waals surface area contributed by atoms with Crippen LogP contribution in [-0.2, 0) is 21.2 Å². The lowest BCUT2D eigenvalue weighted by molar-refractivity contribution is -0.139. The summed E-state index contributed by atoms with van der Waals surface area (Å²) in [7, 11) is -4.18. The molecule has 0 aromatic heterocycles. The van der Waals surface area contributed by atoms with Gasteiger partial charge in [0.25, 0.3) is 10.0 Å². The lowest BCUT2D eigenvalue weighted by atomic mass is 10.1. The highest BCUT2D eigenvalue weighted by Gasteiger charge is 2.36. The van der Waals surface area contributed by atoms with Crippen LogP contribution in [0.3, 0.4) is 0 Å². The van der Waals surface area contributed by atoms with Gasteiger partial charge in [0.05, 0.1) is 4.90 Å². The van der Waals surface area contributed by atoms with E-state index in [-0.39, 0.29) is 34.5 Å². The Balaban J connectivity index is 1.82. The van der Waals surface area contributed by atoms with E-state index < -0.39 is 33.9 Å². The summed E-state index contributed by atoms with van der Waals surface area (Å²) in [6.07, 6.45) is 0.937. The quantitative estimate of drug-likeness (QED) is 0.626. The molecule has 172 valence electrons. The molecule has 1 aliphatic rings. The molecule has 1 aliphatic heterocycles. The highest BCUT2D eigenvalue weighted by molar-refractivity contribution is 7.89. The first-order valence-corrected chi connectivity index (χ1v) is 11.8. The topological polar surface area (TPSA) is 107 Å². The zero-order chi connectivity index (χ0) is 23.5. The third-order valence-electron chi connectivity index (χ3n) is 4.83. The van der Waals surface area contributed by atoms with Crippen LogP contribution >= 0.6 is 23.2 Å². The van der Waals surface area contributed by atoms with Gasteiger partial charge in [-0.25, -0.2) is 27.4 Å². The number of hydrogen-bond donors (Lipinski definition) is 2. The van der Waals surface area contributed by atoms with E-state index >= 15 is 0 Å². The van der Waals surface area contributed by atoms with Crippen molar-refractivity contribution >= 4 is 45.2 Å². The molecule has 0 aliphatic carbocycles. The molecule has 0 unspecified atom stereocenters. The number of nitrogens with one attached hydrogen (secondary N) is 1. The lowest BCUT2D eigenvalue weighted by Gasteiger charge is -2.37. The number of nitrogens with zero attached hydrogens (tertiary/aromatic N) is 2. The number of benzene rings is 2. The van der Waals surface area contributed by atoms with Gasteiger partial charge in [0.15, 0.2) is 0 Å². The molecule has 1 heterocycles. The van der Waals surface area contributed by atoms with Crippen molar-refractivity contribution in [2.24, 2.45) is 0 Å². The van der Waals surface area contributed by atoms with Gasteiger partial charge in [-0.3, -0.25) is 0 Å². The van der Waals surface area contributed by atoms with E-state index in [2.05, 4.69) is 5.32 Å². The lowest BCUT2D eigenvalue weighted by Crippen LogP contribution is -2.58. The molecular weight excluding hydrogens is 484 g/mol. The molecular formula is C20H20Cl2FN3O5S. The summed E-state index contributed by atoms with van der Waals surface area (Å²) >= 11 is 11.9. The standard InChI is InChI=1S/C20H20Cl2FN3O5S/c21-14-10-15(22)12-17(11-14)32(30,31)26-8-2-1-7-25(26)20(29)24-18(19(27)28)9-13-3-5-16(23)6-4-13/h3-6,10-12,18H,1-2,7-9H2,(H,24,29)(H,27,28)/t18-/m0/s1. The van der Waals surface area contributed by atoms with Crippen LogP contribution in [0.2, 0.25) is 10.0 Å². The van der Waals surface area contributed by atoms with Gasteiger partial charge in [-0.15, -0.1) is 4.41 Å². The van der Waals surface area contributed by atoms with Crippen molar-refractivity contribution in [1.29, 1.82) is 0 Å². The fraction of sp³-hybridized carbons (Fsp3) is 0.300. The van der Waals surface area contributed by atoms with E-state index in [4.69, 9.17) is 23.2 Å². The molecule has 8 nitrogen and oxygen atoms in total. The number of carbonyl (C=O) groups excluding carboxylic acids is 1. The van der Waals surface area contributed by atoms with Gasteiger partial charge in [0.1, 0.15) is 11.9 Å². The average Bonchev–Trinajstić information content (AvgIpc) is 2.74. The number of aliphatic carboxylic acids is 1. The van der Waals surface area contributed by atoms with Crippen molar-refractivity contribution in [3.8, 4) is 0 Å². The first kappa shape index (κ1) is 24.2. The first-order chi connectivity index (χ1) is 15.1. The highest BCUT2D eigenvalue weighted by Crippen LogP contribution is 2.27. The second-order valence-electron chi connectivity index (χ2n) is 7.16. The Morgan fingerprint density at radius 1 is 1.06 bits per heavy atom. The van der Waals surface area contributed by atoms with E-state index in [1.807, 2.05) is 0 Å². The minimum atomic E-state index is -4.18. The van der Waals surface area contributed by atoms with Gasteiger partial charge < -0.3 is 10.4 Å². The third-order valence-corrected chi connectivity index (χ3v) is 7.04. The van der Waals surface area contributed by atoms with Gasteiger partial charge in [-0.2, -0.15) is 0 Å². The molecule has 2 aromatic carbocycles. The van der Waals surface area contributed by atoms with Crippen molar-refractivity contribution in [2.45, 2.75) is 30.2 Å². The summed E-state index contributed by atoms with van der Waals surface area (Å²) in [5.74, 6) is -1.78. The summed E-state index contributed by atoms with van der Waals surface area (Å²) in [4.78, 5) is 24.4. The number of carbonyl (C=O) groups is 2. The zero-order valence-electron chi connectivity index (χ0n) is 16.7. The second-order valence-corrected chi connectivity index (χ2v) is 9.87. The molecule has 1 atom stereocenters. The van der Waals surface area contributed by atoms with Crippen LogP contribution in [0.5, 0.6) is 0 Å². The molecule has 1 fully saturated rings. The summed E-state index contributed by atoms with van der Waals surface area (Å²) in [6.45, 7) is 0.0951. The summed E-state index contributed by atoms with van der Waals surface area (Å²) in [5.41, 5.74) is 0.496. The minimum Gasteiger partial charge on any atom is -0.480 e. The van der Waals surface area contributed by atoms with Crippen molar-refractivity contribution in [3.63, 3.8) is 0 Å². The largest absolute Gasteiger partial charge is 0.480 e. The van der Waals surface area contributed by atoms with Gasteiger partial charge in [-0.1, -0.05) is 35.3 Å². The Kier molecular flexibility index (Phi) is 7.60. The number of carboxylic acid groups (broad SMARTS) is 1. The number of hydrogen-bond acceptors (Lipinski definition) is 4. The number of hydrazine groups is 1. The molecule has 0 saturated carbocycles. The van der Waals surface area contributed by atoms with Crippen molar-refractivity contribution in [1.82, 2.24) is 14.7 Å². The van der Waals surface area contributed by atoms with Crippen LogP contribution in [0.25, 0.3) is 0 Å². The Labute approximate surface area is 194 Å². The maximum atomic E-state index is 13.2. The number of halogens is 3. The van der Waals surface area contributed by atoms with Crippen LogP contribution in [0.1, 0.15) is 18.4 Å². The summed E-state index contributed by atoms with van der Waals surface area (Å²) in [5, 5.41) is 13.1. The second kappa shape index (κ2) is 10.0. The monoisotopic (exact) mass is 503 g/mol. The molecule has 2 N–H and O–H groups in total. The van der Waals surface area contributed by atoms with Crippen molar-refractivity contribution in [2.75, 3.05) is 13.1 Å². The van der Waals surface area contributed by atoms with Crippen LogP contribution in [-0.4, -0.2) is 54.1 Å². The molecule has 2 aromatic rings. The van der Waals surface area contributed by atoms with Gasteiger partial charge in [0.2, 0.25) is 0 Å². The van der Waals surface area contributed by atoms with Gasteiger partial charge in [-0.05, 0) is 48.7 Å². The molecule has 1 saturated heterocycles. The Hall–Kier alpha value is -2.40. The Morgan fingerprint density at radius 3 is 2.25 bits per heavy atom. The maximum absolute atomic E-state index is 13.2. The van der Waals surface area contributed by atoms with E-state index in [9.17, 15) is 27.5 Å². The highest BCUT2D eigenvalue weighted by atomic mass is 35.5. The van der Waals surface area contributed by atoms with Crippen molar-refractivity contribution < 1.29 is 27.5 Å². The molecule has 0 radical (unpaired) electrons. The predicted octanol–water partition coefficient (Wildman–Crippen LogP) is 3.54. The SMILES string of the molecule is O=C(O)[C@H](Cc1ccc(F)cc1)NC(=O)N1CCCCN1S(=O)(=O)c1cc(Cl)cc(Cl)c1. The number of sulfonamides is 1. The summed E-state index contributed by atoms with van der Waals surface area (Å²) in [6, 6.07) is 6.81. The van der Waals surface area contributed by atoms with Crippen LogP contribution in [0.15, 0.2) is 47.4 Å². The Bertz CT molecular complexity index is 1090. The molecule has 12 heteroatoms. The number of carboxylic acids is 1. The summed E-state index contributed by atoms with van der Waals surface area (Å²) < 4.78 is 40.4. The normalized spacial score (nSPS) is 15.9. The van der Waals surface area contributed by atoms with Crippen LogP contribution < -0.4 is 5.32 Å². The van der Waals surface area contributed by atoms with E-state index in [1.165, 1.54) is 42.5 Å². The average molecular weight is 504 g/mol. The first-order valence-electron chi connectivity index (χ1n) is 9.62. The Morgan fingerprint density at radius 2 is 1.66 bits per heavy atom. The minimum absolute atomic E-state index is 0.0234. The predicted molar refractivity (Wildman–Crippen MR) is 116 cm³/mol. The molecule has 0 bridgehead atoms. The number of amides is 2. The molecule has 0 spiro atoms. The zero-order valence-corrected chi connectivity index (χ0v) is 19.0. The van der Waals surface area contributed by atoms with Crippen LogP contribution in [0.4, 0.5) is 9.18 Å². The smallest absolute Gasteiger partial charge is 0.333 e. The van der Waals surface area contributed by atoms with E-state index in [0.717, 1.165) is 9.42 Å². The number of urea groups is 1. The number of rotatable bonds is 6. The van der Waals surface area contributed by atoms with Gasteiger partial charge in [0, 0.05) is 29.6 Å². The molecule has 32 heavy (non-hydrogen) atoms. The molecule has 2 amide bonds. The third kappa shape index (κ3) is 5.69.